The van der Waals surface area contributed by atoms with Gasteiger partial charge in [0, 0.05) is 72.3 Å². The number of anilines is 4. The fourth-order valence-electron chi connectivity index (χ4n) is 12.4. The summed E-state index contributed by atoms with van der Waals surface area (Å²) in [5.41, 5.74) is 24.2. The molecule has 0 fully saturated rings. The molecule has 1 atom stereocenters. The third-order valence-corrected chi connectivity index (χ3v) is 15.4. The number of aryl methyl sites for hydroxylation is 1. The van der Waals surface area contributed by atoms with Crippen LogP contribution in [0.15, 0.2) is 150 Å². The Morgan fingerprint density at radius 2 is 1.56 bits per heavy atom. The van der Waals surface area contributed by atoms with Gasteiger partial charge in [-0.3, -0.25) is 0 Å². The van der Waals surface area contributed by atoms with E-state index in [1.54, 1.807) is 0 Å². The molecule has 6 aromatic carbocycles. The summed E-state index contributed by atoms with van der Waals surface area (Å²) in [5, 5.41) is 3.75. The Morgan fingerprint density at radius 1 is 0.781 bits per heavy atom. The molecule has 5 heteroatoms. The molecule has 0 saturated carbocycles. The van der Waals surface area contributed by atoms with Crippen molar-refractivity contribution in [3.63, 3.8) is 0 Å². The fraction of sp³-hybridized carbons (Fsp3) is 0.220. The number of nitrogens with zero attached hydrogens (tertiary/aromatic N) is 3. The molecule has 0 bridgehead atoms. The summed E-state index contributed by atoms with van der Waals surface area (Å²) in [7, 11) is 0. The van der Waals surface area contributed by atoms with Crippen LogP contribution in [-0.2, 0) is 10.8 Å². The zero-order chi connectivity index (χ0) is 43.4. The average Bonchev–Trinajstić information content (AvgIpc) is 3.93. The Bertz CT molecular complexity index is 3550. The fourth-order valence-corrected chi connectivity index (χ4v) is 12.4. The van der Waals surface area contributed by atoms with E-state index in [9.17, 15) is 0 Å². The molecule has 0 amide bonds. The van der Waals surface area contributed by atoms with Crippen molar-refractivity contribution in [3.05, 3.63) is 178 Å². The predicted molar refractivity (Wildman–Crippen MR) is 270 cm³/mol. The number of hydrogen-bond acceptors (Lipinski definition) is 3. The highest BCUT2D eigenvalue weighted by Crippen LogP contribution is 2.55. The first-order valence-electron chi connectivity index (χ1n) is 23.3. The van der Waals surface area contributed by atoms with E-state index in [0.29, 0.717) is 0 Å². The van der Waals surface area contributed by atoms with Crippen LogP contribution < -0.4 is 36.8 Å². The minimum absolute atomic E-state index is 0.0337. The van der Waals surface area contributed by atoms with Gasteiger partial charge in [0.1, 0.15) is 11.0 Å². The maximum Gasteiger partial charge on any atom is 0.252 e. The number of para-hydroxylation sites is 3. The van der Waals surface area contributed by atoms with Gasteiger partial charge in [-0.15, -0.1) is 0 Å². The van der Waals surface area contributed by atoms with E-state index >= 15 is 0 Å². The van der Waals surface area contributed by atoms with Gasteiger partial charge in [-0.2, -0.15) is 0 Å². The molecule has 5 aliphatic rings. The van der Waals surface area contributed by atoms with Gasteiger partial charge in [0.05, 0.1) is 6.04 Å². The minimum atomic E-state index is -0.195. The minimum Gasteiger partial charge on any atom is -0.456 e. The molecule has 0 radical (unpaired) electrons. The summed E-state index contributed by atoms with van der Waals surface area (Å²) in [6.07, 6.45) is 11.9. The number of furan rings is 1. The molecule has 312 valence electrons. The maximum absolute atomic E-state index is 6.72. The SMILES string of the molecule is CC1=CC=CCC1N(c1ccc2c(c1)N(C1=c3c(oc4ccccc34)=CCC1)c1cc(C(C)(C)C)cc3c1B2c1cccc2c4c(n-3c12)C(C)(C)c1ccccc1-4)c1ccccc1C. The Morgan fingerprint density at radius 3 is 2.41 bits per heavy atom. The Hall–Kier alpha value is -6.72. The second-order valence-electron chi connectivity index (χ2n) is 20.4. The van der Waals surface area contributed by atoms with Crippen molar-refractivity contribution in [2.24, 2.45) is 0 Å². The lowest BCUT2D eigenvalue weighted by Crippen LogP contribution is -2.61. The molecule has 64 heavy (non-hydrogen) atoms. The molecule has 8 aromatic rings. The Kier molecular flexibility index (Phi) is 7.78. The lowest BCUT2D eigenvalue weighted by Gasteiger charge is -2.44. The Labute approximate surface area is 376 Å². The van der Waals surface area contributed by atoms with Crippen molar-refractivity contribution in [1.82, 2.24) is 4.57 Å². The van der Waals surface area contributed by atoms with Gasteiger partial charge in [-0.25, -0.2) is 0 Å². The first-order chi connectivity index (χ1) is 31.0. The van der Waals surface area contributed by atoms with Crippen LogP contribution in [0.25, 0.3) is 50.5 Å². The molecule has 4 nitrogen and oxygen atoms in total. The second kappa shape index (κ2) is 13.2. The van der Waals surface area contributed by atoms with E-state index in [-0.39, 0.29) is 23.6 Å². The van der Waals surface area contributed by atoms with E-state index in [0.717, 1.165) is 30.3 Å². The number of aromatic nitrogens is 1. The van der Waals surface area contributed by atoms with Crippen molar-refractivity contribution in [3.8, 4) is 16.8 Å². The summed E-state index contributed by atoms with van der Waals surface area (Å²) in [5.74, 6) is 0. The van der Waals surface area contributed by atoms with Crippen LogP contribution in [0.3, 0.4) is 0 Å². The maximum atomic E-state index is 6.72. The number of fused-ring (bicyclic) bond motifs is 12. The van der Waals surface area contributed by atoms with Crippen molar-refractivity contribution in [1.29, 1.82) is 0 Å². The monoisotopic (exact) mass is 829 g/mol. The van der Waals surface area contributed by atoms with Gasteiger partial charge in [-0.1, -0.05) is 143 Å². The van der Waals surface area contributed by atoms with Gasteiger partial charge in [0.25, 0.3) is 6.71 Å². The molecule has 4 heterocycles. The highest BCUT2D eigenvalue weighted by atomic mass is 16.3. The van der Waals surface area contributed by atoms with Gasteiger partial charge >= 0.3 is 0 Å². The molecule has 2 aliphatic heterocycles. The average molecular weight is 830 g/mol. The highest BCUT2D eigenvalue weighted by Gasteiger charge is 2.48. The third-order valence-electron chi connectivity index (χ3n) is 15.4. The lowest BCUT2D eigenvalue weighted by molar-refractivity contribution is 0.570. The van der Waals surface area contributed by atoms with Crippen LogP contribution in [0, 0.1) is 6.92 Å². The number of hydrogen-bond donors (Lipinski definition) is 0. The van der Waals surface area contributed by atoms with E-state index in [4.69, 9.17) is 4.42 Å². The van der Waals surface area contributed by atoms with Crippen molar-refractivity contribution < 1.29 is 4.42 Å². The largest absolute Gasteiger partial charge is 0.456 e. The molecule has 1 unspecified atom stereocenters. The molecule has 0 N–H and O–H groups in total. The molecule has 13 rings (SSSR count). The van der Waals surface area contributed by atoms with Crippen molar-refractivity contribution >= 4 is 79.5 Å². The molecule has 2 aromatic heterocycles. The van der Waals surface area contributed by atoms with Crippen molar-refractivity contribution in [2.75, 3.05) is 9.80 Å². The lowest BCUT2D eigenvalue weighted by atomic mass is 9.33. The predicted octanol–water partition coefficient (Wildman–Crippen LogP) is 11.4. The summed E-state index contributed by atoms with van der Waals surface area (Å²) >= 11 is 0. The van der Waals surface area contributed by atoms with Crippen LogP contribution in [-0.4, -0.2) is 17.3 Å². The standard InChI is InChI=1S/C59H52BN3O/c1-35-18-8-13-25-45(35)61(46-26-14-9-19-36(46)2)38-30-31-43-48(34-38)62(47-27-17-29-52-54(47)40-21-11-15-28-51(40)64-52)49-32-37(58(3,4)5)33-50-55(49)60(43)44-24-16-22-41-53-39-20-10-12-23-42(39)59(6,7)57(53)63(50)56(41)44/h8-16,18-25,28-34,46H,17,26-27H2,1-7H3. The second-order valence-corrected chi connectivity index (χ2v) is 20.4. The summed E-state index contributed by atoms with van der Waals surface area (Å²) in [6.45, 7) is 16.6. The number of benzene rings is 6. The van der Waals surface area contributed by atoms with Crippen LogP contribution in [0.2, 0.25) is 0 Å². The topological polar surface area (TPSA) is 24.6 Å². The van der Waals surface area contributed by atoms with Crippen molar-refractivity contribution in [2.45, 2.75) is 84.6 Å². The summed E-state index contributed by atoms with van der Waals surface area (Å²) < 4.78 is 9.43. The van der Waals surface area contributed by atoms with E-state index in [1.165, 1.54) is 111 Å². The quantitative estimate of drug-likeness (QED) is 0.165. The first kappa shape index (κ1) is 37.8. The van der Waals surface area contributed by atoms with Crippen LogP contribution in [0.1, 0.15) is 83.2 Å². The molecule has 0 spiro atoms. The van der Waals surface area contributed by atoms with Gasteiger partial charge in [-0.05, 0) is 120 Å². The smallest absolute Gasteiger partial charge is 0.252 e. The third kappa shape index (κ3) is 5.01. The van der Waals surface area contributed by atoms with Crippen LogP contribution in [0.5, 0.6) is 0 Å². The van der Waals surface area contributed by atoms with Gasteiger partial charge in [0.2, 0.25) is 0 Å². The number of allylic oxidation sites excluding steroid dienone is 2. The normalized spacial score (nSPS) is 17.5. The summed E-state index contributed by atoms with van der Waals surface area (Å²) in [4.78, 5) is 5.32. The van der Waals surface area contributed by atoms with E-state index in [2.05, 4.69) is 208 Å². The van der Waals surface area contributed by atoms with Gasteiger partial charge in [0.15, 0.2) is 0 Å². The highest BCUT2D eigenvalue weighted by molar-refractivity contribution is 7.00. The van der Waals surface area contributed by atoms with E-state index < -0.39 is 0 Å². The zero-order valence-corrected chi connectivity index (χ0v) is 37.9. The molecular weight excluding hydrogens is 777 g/mol. The first-order valence-corrected chi connectivity index (χ1v) is 23.3. The number of rotatable bonds is 4. The summed E-state index contributed by atoms with van der Waals surface area (Å²) in [6, 6.07) is 46.6. The van der Waals surface area contributed by atoms with Gasteiger partial charge < -0.3 is 18.8 Å². The molecule has 3 aliphatic carbocycles. The Balaban J connectivity index is 1.18. The van der Waals surface area contributed by atoms with Crippen LogP contribution >= 0.6 is 0 Å². The molecule has 0 saturated heterocycles. The van der Waals surface area contributed by atoms with E-state index in [1.807, 2.05) is 0 Å². The molecular formula is C59H52BN3O. The zero-order valence-electron chi connectivity index (χ0n) is 37.9. The van der Waals surface area contributed by atoms with Crippen LogP contribution in [0.4, 0.5) is 22.7 Å².